The Hall–Kier alpha value is -3.17. The molecule has 2 atom stereocenters. The number of carbonyl (C=O) groups excluding carboxylic acids is 1. The molecule has 182 valence electrons. The Kier molecular flexibility index (Phi) is 8.78. The maximum atomic E-state index is 14.7. The zero-order chi connectivity index (χ0) is 24.8. The molecule has 0 aromatic heterocycles. The zero-order valence-electron chi connectivity index (χ0n) is 18.7. The van der Waals surface area contributed by atoms with Crippen molar-refractivity contribution in [3.05, 3.63) is 57.2 Å². The van der Waals surface area contributed by atoms with Crippen LogP contribution in [-0.4, -0.2) is 34.5 Å². The third kappa shape index (κ3) is 6.66. The van der Waals surface area contributed by atoms with Crippen LogP contribution in [0, 0.1) is 16.0 Å². The number of allylic oxidation sites excluding steroid dienone is 3. The van der Waals surface area contributed by atoms with Gasteiger partial charge in [0.1, 0.15) is 11.5 Å². The second kappa shape index (κ2) is 11.1. The summed E-state index contributed by atoms with van der Waals surface area (Å²) in [6.07, 6.45) is 4.37. The number of benzene rings is 1. The molecule has 0 heterocycles. The summed E-state index contributed by atoms with van der Waals surface area (Å²) in [5, 5.41) is 30.2. The van der Waals surface area contributed by atoms with Crippen LogP contribution in [0.25, 0.3) is 0 Å². The summed E-state index contributed by atoms with van der Waals surface area (Å²) < 4.78 is 33.9. The minimum absolute atomic E-state index is 0.0717. The number of hydrogen-bond donors (Lipinski definition) is 2. The van der Waals surface area contributed by atoms with Gasteiger partial charge in [0.15, 0.2) is 0 Å². The van der Waals surface area contributed by atoms with Gasteiger partial charge >= 0.3 is 11.9 Å². The predicted molar refractivity (Wildman–Crippen MR) is 115 cm³/mol. The molecule has 0 spiro atoms. The van der Waals surface area contributed by atoms with Crippen LogP contribution in [0.1, 0.15) is 63.0 Å². The second-order valence-electron chi connectivity index (χ2n) is 8.29. The number of rotatable bonds is 11. The molecular formula is C23H29F2NO7. The van der Waals surface area contributed by atoms with Gasteiger partial charge in [-0.1, -0.05) is 23.8 Å². The quantitative estimate of drug-likeness (QED) is 0.152. The van der Waals surface area contributed by atoms with Crippen molar-refractivity contribution in [3.63, 3.8) is 0 Å². The van der Waals surface area contributed by atoms with E-state index in [0.717, 1.165) is 36.1 Å². The van der Waals surface area contributed by atoms with Gasteiger partial charge in [0.05, 0.1) is 13.2 Å². The van der Waals surface area contributed by atoms with Gasteiger partial charge in [-0.2, -0.15) is 8.78 Å². The SMILES string of the molecule is C=C(C)[C@@H]1CCC(C)=C[C@H]1c1c(O)cc(C(F)(F)C(=O)OCCCCCO[N+](=O)[O-])cc1O. The maximum Gasteiger partial charge on any atom is 0.381 e. The fourth-order valence-electron chi connectivity index (χ4n) is 3.95. The Balaban J connectivity index is 2.10. The first-order chi connectivity index (χ1) is 15.4. The lowest BCUT2D eigenvalue weighted by Crippen LogP contribution is -2.29. The Morgan fingerprint density at radius 3 is 2.42 bits per heavy atom. The molecule has 2 N–H and O–H groups in total. The van der Waals surface area contributed by atoms with E-state index in [-0.39, 0.29) is 31.1 Å². The van der Waals surface area contributed by atoms with Gasteiger partial charge < -0.3 is 19.8 Å². The van der Waals surface area contributed by atoms with E-state index in [1.54, 1.807) is 0 Å². The van der Waals surface area contributed by atoms with Crippen molar-refractivity contribution in [1.29, 1.82) is 0 Å². The third-order valence-electron chi connectivity index (χ3n) is 5.69. The molecule has 0 saturated heterocycles. The standard InChI is InChI=1S/C23H29F2NO7/c1-14(2)17-8-7-15(3)11-18(17)21-19(27)12-16(13-20(21)28)23(24,25)22(29)32-9-5-4-6-10-33-26(30)31/h11-13,17-18,27-28H,1,4-10H2,2-3H3/t17-,18+/m0/s1. The lowest BCUT2D eigenvalue weighted by atomic mass is 9.73. The molecule has 0 unspecified atom stereocenters. The third-order valence-corrected chi connectivity index (χ3v) is 5.69. The Labute approximate surface area is 190 Å². The van der Waals surface area contributed by atoms with Crippen LogP contribution in [-0.2, 0) is 20.3 Å². The van der Waals surface area contributed by atoms with Gasteiger partial charge in [0.2, 0.25) is 0 Å². The van der Waals surface area contributed by atoms with Crippen molar-refractivity contribution in [2.45, 2.75) is 57.8 Å². The average Bonchev–Trinajstić information content (AvgIpc) is 2.71. The first kappa shape index (κ1) is 26.1. The Morgan fingerprint density at radius 2 is 1.85 bits per heavy atom. The van der Waals surface area contributed by atoms with Crippen LogP contribution < -0.4 is 0 Å². The topological polar surface area (TPSA) is 119 Å². The van der Waals surface area contributed by atoms with E-state index < -0.39 is 40.0 Å². The molecule has 1 aromatic rings. The molecule has 0 radical (unpaired) electrons. The predicted octanol–water partition coefficient (Wildman–Crippen LogP) is 5.13. The first-order valence-electron chi connectivity index (χ1n) is 10.7. The van der Waals surface area contributed by atoms with E-state index in [4.69, 9.17) is 0 Å². The highest BCUT2D eigenvalue weighted by molar-refractivity contribution is 5.80. The minimum atomic E-state index is -4.09. The molecule has 0 saturated carbocycles. The molecule has 10 heteroatoms. The number of hydrogen-bond acceptors (Lipinski definition) is 7. The average molecular weight is 469 g/mol. The first-order valence-corrected chi connectivity index (χ1v) is 10.7. The highest BCUT2D eigenvalue weighted by Crippen LogP contribution is 2.47. The number of phenols is 2. The number of aromatic hydroxyl groups is 2. The molecule has 8 nitrogen and oxygen atoms in total. The van der Waals surface area contributed by atoms with Gasteiger partial charge in [-0.15, -0.1) is 10.1 Å². The summed E-state index contributed by atoms with van der Waals surface area (Å²) in [6.45, 7) is 7.28. The van der Waals surface area contributed by atoms with Crippen molar-refractivity contribution in [3.8, 4) is 11.5 Å². The molecule has 0 bridgehead atoms. The number of ether oxygens (including phenoxy) is 1. The van der Waals surface area contributed by atoms with E-state index in [9.17, 15) is 33.9 Å². The van der Waals surface area contributed by atoms with Crippen molar-refractivity contribution in [2.24, 2.45) is 5.92 Å². The fraction of sp³-hybridized carbons (Fsp3) is 0.522. The lowest BCUT2D eigenvalue weighted by Gasteiger charge is -2.31. The van der Waals surface area contributed by atoms with Crippen molar-refractivity contribution >= 4 is 5.97 Å². The smallest absolute Gasteiger partial charge is 0.381 e. The minimum Gasteiger partial charge on any atom is -0.507 e. The van der Waals surface area contributed by atoms with E-state index >= 15 is 0 Å². The molecule has 2 rings (SSSR count). The highest BCUT2D eigenvalue weighted by atomic mass is 19.3. The van der Waals surface area contributed by atoms with E-state index in [1.165, 1.54) is 0 Å². The summed E-state index contributed by atoms with van der Waals surface area (Å²) in [5.41, 5.74) is 1.14. The summed E-state index contributed by atoms with van der Waals surface area (Å²) in [4.78, 5) is 26.1. The Bertz CT molecular complexity index is 906. The highest BCUT2D eigenvalue weighted by Gasteiger charge is 2.44. The number of halogens is 2. The van der Waals surface area contributed by atoms with Crippen molar-refractivity contribution in [1.82, 2.24) is 0 Å². The van der Waals surface area contributed by atoms with Gasteiger partial charge in [0.25, 0.3) is 5.09 Å². The van der Waals surface area contributed by atoms with Gasteiger partial charge in [-0.3, -0.25) is 0 Å². The zero-order valence-corrected chi connectivity index (χ0v) is 18.7. The van der Waals surface area contributed by atoms with Gasteiger partial charge in [-0.05, 0) is 64.0 Å². The number of nitrogens with zero attached hydrogens (tertiary/aromatic N) is 1. The number of alkyl halides is 2. The summed E-state index contributed by atoms with van der Waals surface area (Å²) >= 11 is 0. The van der Waals surface area contributed by atoms with Crippen LogP contribution >= 0.6 is 0 Å². The van der Waals surface area contributed by atoms with E-state index in [1.807, 2.05) is 19.9 Å². The fourth-order valence-corrected chi connectivity index (χ4v) is 3.95. The van der Waals surface area contributed by atoms with Crippen LogP contribution in [0.2, 0.25) is 0 Å². The lowest BCUT2D eigenvalue weighted by molar-refractivity contribution is -0.757. The summed E-state index contributed by atoms with van der Waals surface area (Å²) in [6, 6.07) is 1.55. The monoisotopic (exact) mass is 469 g/mol. The van der Waals surface area contributed by atoms with Gasteiger partial charge in [0, 0.05) is 17.0 Å². The van der Waals surface area contributed by atoms with Crippen molar-refractivity contribution in [2.75, 3.05) is 13.2 Å². The van der Waals surface area contributed by atoms with Crippen molar-refractivity contribution < 1.29 is 38.4 Å². The second-order valence-corrected chi connectivity index (χ2v) is 8.29. The van der Waals surface area contributed by atoms with Gasteiger partial charge in [-0.25, -0.2) is 4.79 Å². The molecule has 0 fully saturated rings. The number of unbranched alkanes of at least 4 members (excludes halogenated alkanes) is 2. The molecule has 33 heavy (non-hydrogen) atoms. The number of phenolic OH excluding ortho intramolecular Hbond substituents is 2. The summed E-state index contributed by atoms with van der Waals surface area (Å²) in [7, 11) is 0. The molecule has 0 amide bonds. The van der Waals surface area contributed by atoms with E-state index in [2.05, 4.69) is 16.2 Å². The number of esters is 1. The summed E-state index contributed by atoms with van der Waals surface area (Å²) in [5.74, 6) is -7.48. The Morgan fingerprint density at radius 1 is 1.24 bits per heavy atom. The maximum absolute atomic E-state index is 14.7. The molecular weight excluding hydrogens is 440 g/mol. The largest absolute Gasteiger partial charge is 0.507 e. The number of carbonyl (C=O) groups is 1. The molecule has 1 aliphatic rings. The normalized spacial score (nSPS) is 18.4. The molecule has 0 aliphatic heterocycles. The van der Waals surface area contributed by atoms with Crippen LogP contribution in [0.4, 0.5) is 8.78 Å². The van der Waals surface area contributed by atoms with E-state index in [0.29, 0.717) is 12.8 Å². The van der Waals surface area contributed by atoms with Crippen LogP contribution in [0.5, 0.6) is 11.5 Å². The molecule has 1 aliphatic carbocycles. The van der Waals surface area contributed by atoms with Crippen LogP contribution in [0.15, 0.2) is 35.9 Å². The van der Waals surface area contributed by atoms with Crippen LogP contribution in [0.3, 0.4) is 0 Å². The molecule has 1 aromatic carbocycles.